The first kappa shape index (κ1) is 8.12. The van der Waals surface area contributed by atoms with Gasteiger partial charge in [-0.05, 0) is 0 Å². The molecule has 0 saturated carbocycles. The second-order valence-electron chi connectivity index (χ2n) is 1.85. The molecule has 0 spiro atoms. The Morgan fingerprint density at radius 3 is 2.00 bits per heavy atom. The number of rotatable bonds is 0. The minimum absolute atomic E-state index is 0.329. The molecular weight excluding hydrogens is 160 g/mol. The van der Waals surface area contributed by atoms with Crippen molar-refractivity contribution in [2.24, 2.45) is 0 Å². The molecule has 6 heteroatoms. The van der Waals surface area contributed by atoms with Gasteiger partial charge < -0.3 is 0 Å². The lowest BCUT2D eigenvalue weighted by Crippen LogP contribution is -2.19. The van der Waals surface area contributed by atoms with Gasteiger partial charge in [-0.2, -0.15) is 0 Å². The molecule has 0 aliphatic carbocycles. The Labute approximate surface area is 67.7 Å². The van der Waals surface area contributed by atoms with Gasteiger partial charge in [0.25, 0.3) is 11.8 Å². The molecule has 0 unspecified atom stereocenters. The minimum Gasteiger partial charge on any atom is -0.289 e. The van der Waals surface area contributed by atoms with Crippen molar-refractivity contribution in [2.45, 2.75) is 0 Å². The van der Waals surface area contributed by atoms with Crippen molar-refractivity contribution < 1.29 is 9.59 Å². The fraction of sp³-hybridized carbons (Fsp3) is 0. The average molecular weight is 166 g/mol. The molecule has 0 aromatic carbocycles. The number of H-pyrrole nitrogens is 1. The zero-order valence-electron chi connectivity index (χ0n) is 6.02. The lowest BCUT2D eigenvalue weighted by molar-refractivity contribution is -0.123. The van der Waals surface area contributed by atoms with E-state index < -0.39 is 0 Å². The second kappa shape index (κ2) is 4.02. The number of nitrogens with zero attached hydrogens (tertiary/aromatic N) is 2. The largest absolute Gasteiger partial charge is 0.289 e. The highest BCUT2D eigenvalue weighted by Gasteiger charge is 2.06. The van der Waals surface area contributed by atoms with Crippen LogP contribution in [0, 0.1) is 0 Å². The van der Waals surface area contributed by atoms with Crippen molar-refractivity contribution in [3.05, 3.63) is 24.5 Å². The number of carbonyl (C=O) groups is 2. The molecule has 0 bridgehead atoms. The van der Waals surface area contributed by atoms with Gasteiger partial charge >= 0.3 is 0 Å². The van der Waals surface area contributed by atoms with E-state index >= 15 is 0 Å². The summed E-state index contributed by atoms with van der Waals surface area (Å²) in [5.41, 5.74) is 0. The topological polar surface area (TPSA) is 87.7 Å². The Morgan fingerprint density at radius 1 is 1.17 bits per heavy atom. The van der Waals surface area contributed by atoms with E-state index in [1.165, 1.54) is 12.2 Å². The summed E-state index contributed by atoms with van der Waals surface area (Å²) in [6.45, 7) is 0. The number of aromatic nitrogens is 3. The lowest BCUT2D eigenvalue weighted by atomic mass is 10.6. The summed E-state index contributed by atoms with van der Waals surface area (Å²) in [5, 5.41) is 11.3. The minimum atomic E-state index is -0.329. The van der Waals surface area contributed by atoms with Gasteiger partial charge in [-0.25, -0.2) is 0 Å². The summed E-state index contributed by atoms with van der Waals surface area (Å²) in [5.74, 6) is -0.657. The molecule has 1 aliphatic heterocycles. The predicted molar refractivity (Wildman–Crippen MR) is 38.7 cm³/mol. The summed E-state index contributed by atoms with van der Waals surface area (Å²) in [6, 6.07) is 0. The number of amides is 2. The molecule has 1 aromatic rings. The first-order valence-corrected chi connectivity index (χ1v) is 3.12. The van der Waals surface area contributed by atoms with Crippen LogP contribution < -0.4 is 5.32 Å². The van der Waals surface area contributed by atoms with Crippen molar-refractivity contribution in [3.8, 4) is 0 Å². The molecule has 62 valence electrons. The fourth-order valence-electron chi connectivity index (χ4n) is 0.523. The Morgan fingerprint density at radius 2 is 1.83 bits per heavy atom. The highest BCUT2D eigenvalue weighted by atomic mass is 16.2. The number of carbonyl (C=O) groups excluding carboxylic acids is 2. The molecule has 0 fully saturated rings. The van der Waals surface area contributed by atoms with Gasteiger partial charge in [-0.15, -0.1) is 5.10 Å². The zero-order valence-corrected chi connectivity index (χ0v) is 6.02. The van der Waals surface area contributed by atoms with E-state index in [9.17, 15) is 9.59 Å². The Balaban J connectivity index is 0.000000127. The molecule has 12 heavy (non-hydrogen) atoms. The van der Waals surface area contributed by atoms with Crippen LogP contribution in [-0.4, -0.2) is 27.2 Å². The third-order valence-electron chi connectivity index (χ3n) is 0.964. The van der Waals surface area contributed by atoms with Crippen LogP contribution in [0.5, 0.6) is 0 Å². The molecule has 0 atom stereocenters. The van der Waals surface area contributed by atoms with E-state index in [0.29, 0.717) is 0 Å². The van der Waals surface area contributed by atoms with Crippen LogP contribution in [0.3, 0.4) is 0 Å². The molecule has 0 saturated heterocycles. The van der Waals surface area contributed by atoms with Crippen LogP contribution in [0.25, 0.3) is 0 Å². The summed E-state index contributed by atoms with van der Waals surface area (Å²) >= 11 is 0. The highest BCUT2D eigenvalue weighted by Crippen LogP contribution is 1.82. The maximum atomic E-state index is 10.0. The predicted octanol–water partition coefficient (Wildman–Crippen LogP) is -0.996. The van der Waals surface area contributed by atoms with Crippen LogP contribution in [0.4, 0.5) is 0 Å². The summed E-state index contributed by atoms with van der Waals surface area (Å²) in [6.07, 6.45) is 5.63. The van der Waals surface area contributed by atoms with E-state index in [0.717, 1.165) is 0 Å². The van der Waals surface area contributed by atoms with Crippen LogP contribution in [-0.2, 0) is 9.59 Å². The summed E-state index contributed by atoms with van der Waals surface area (Å²) in [7, 11) is 0. The number of aromatic amines is 1. The van der Waals surface area contributed by atoms with Gasteiger partial charge in [0.05, 0.1) is 6.20 Å². The van der Waals surface area contributed by atoms with Gasteiger partial charge in [0.1, 0.15) is 0 Å². The molecule has 2 amide bonds. The molecule has 1 aromatic heterocycles. The maximum absolute atomic E-state index is 10.0. The van der Waals surface area contributed by atoms with E-state index in [2.05, 4.69) is 15.4 Å². The van der Waals surface area contributed by atoms with Crippen LogP contribution >= 0.6 is 0 Å². The van der Waals surface area contributed by atoms with E-state index in [4.69, 9.17) is 0 Å². The molecule has 2 rings (SSSR count). The van der Waals surface area contributed by atoms with Crippen molar-refractivity contribution >= 4 is 11.8 Å². The second-order valence-corrected chi connectivity index (χ2v) is 1.85. The molecule has 1 aliphatic rings. The van der Waals surface area contributed by atoms with Crippen LogP contribution in [0.2, 0.25) is 0 Å². The van der Waals surface area contributed by atoms with Gasteiger partial charge in [0, 0.05) is 18.3 Å². The van der Waals surface area contributed by atoms with E-state index in [1.807, 2.05) is 5.32 Å². The molecule has 0 radical (unpaired) electrons. The smallest absolute Gasteiger partial charge is 0.250 e. The number of imide groups is 1. The number of nitrogens with one attached hydrogen (secondary N) is 2. The van der Waals surface area contributed by atoms with Crippen molar-refractivity contribution in [1.82, 2.24) is 20.7 Å². The fourth-order valence-corrected chi connectivity index (χ4v) is 0.523. The quantitative estimate of drug-likeness (QED) is 0.484. The van der Waals surface area contributed by atoms with E-state index in [-0.39, 0.29) is 11.8 Å². The molecule has 2 N–H and O–H groups in total. The number of hydrogen-bond acceptors (Lipinski definition) is 4. The third kappa shape index (κ3) is 2.74. The monoisotopic (exact) mass is 166 g/mol. The molecule has 6 nitrogen and oxygen atoms in total. The normalized spacial score (nSPS) is 13.7. The Hall–Kier alpha value is -1.98. The van der Waals surface area contributed by atoms with Crippen LogP contribution in [0.1, 0.15) is 0 Å². The van der Waals surface area contributed by atoms with Crippen molar-refractivity contribution in [1.29, 1.82) is 0 Å². The standard InChI is InChI=1S/C4H3NO2.C2H3N3/c6-3-1-2-4(7)5-3;1-2-4-5-3-1/h1-2H,(H,5,6,7);1-2H,(H,3,4,5). The van der Waals surface area contributed by atoms with Gasteiger partial charge in [0.2, 0.25) is 0 Å². The van der Waals surface area contributed by atoms with Gasteiger partial charge in [-0.1, -0.05) is 5.21 Å². The molecular formula is C6H6N4O2. The van der Waals surface area contributed by atoms with Crippen LogP contribution in [0.15, 0.2) is 24.5 Å². The first-order valence-electron chi connectivity index (χ1n) is 3.12. The Kier molecular flexibility index (Phi) is 2.72. The lowest BCUT2D eigenvalue weighted by Gasteiger charge is -1.80. The molecule has 2 heterocycles. The van der Waals surface area contributed by atoms with Gasteiger partial charge in [0.15, 0.2) is 0 Å². The van der Waals surface area contributed by atoms with E-state index in [1.54, 1.807) is 12.4 Å². The maximum Gasteiger partial charge on any atom is 0.250 e. The SMILES string of the molecule is O=C1C=CC(=O)N1.c1c[nH]nn1. The Bertz CT molecular complexity index is 257. The third-order valence-corrected chi connectivity index (χ3v) is 0.964. The first-order chi connectivity index (χ1) is 5.79. The zero-order chi connectivity index (χ0) is 8.81. The highest BCUT2D eigenvalue weighted by molar-refractivity contribution is 6.12. The van der Waals surface area contributed by atoms with Crippen molar-refractivity contribution in [3.63, 3.8) is 0 Å². The summed E-state index contributed by atoms with van der Waals surface area (Å²) < 4.78 is 0. The van der Waals surface area contributed by atoms with Crippen molar-refractivity contribution in [2.75, 3.05) is 0 Å². The van der Waals surface area contributed by atoms with Gasteiger partial charge in [-0.3, -0.25) is 20.0 Å². The summed E-state index contributed by atoms with van der Waals surface area (Å²) in [4.78, 5) is 20.1. The number of hydrogen-bond donors (Lipinski definition) is 2. The average Bonchev–Trinajstić information content (AvgIpc) is 2.63.